The number of benzene rings is 1. The van der Waals surface area contributed by atoms with Crippen molar-refractivity contribution in [3.63, 3.8) is 0 Å². The van der Waals surface area contributed by atoms with Gasteiger partial charge >= 0.3 is 0 Å². The fraction of sp³-hybridized carbons (Fsp3) is 0.571. The Kier molecular flexibility index (Phi) is 5.58. The van der Waals surface area contributed by atoms with E-state index in [-0.39, 0.29) is 11.0 Å². The quantitative estimate of drug-likeness (QED) is 0.841. The van der Waals surface area contributed by atoms with E-state index in [1.165, 1.54) is 4.31 Å². The molecule has 0 bridgehead atoms. The van der Waals surface area contributed by atoms with Gasteiger partial charge in [0, 0.05) is 19.6 Å². The minimum atomic E-state index is -3.47. The molecule has 7 heteroatoms. The maximum atomic E-state index is 12.6. The van der Waals surface area contributed by atoms with Gasteiger partial charge in [-0.25, -0.2) is 8.42 Å². The molecule has 1 saturated heterocycles. The highest BCUT2D eigenvalue weighted by Gasteiger charge is 2.29. The van der Waals surface area contributed by atoms with E-state index in [2.05, 4.69) is 0 Å². The van der Waals surface area contributed by atoms with Crippen LogP contribution in [-0.4, -0.2) is 51.7 Å². The molecule has 2 N–H and O–H groups in total. The van der Waals surface area contributed by atoms with E-state index in [4.69, 9.17) is 15.2 Å². The normalized spacial score (nSPS) is 20.4. The lowest BCUT2D eigenvalue weighted by molar-refractivity contribution is -0.00278. The summed E-state index contributed by atoms with van der Waals surface area (Å²) in [6.45, 7) is 4.06. The average molecular weight is 314 g/mol. The first-order chi connectivity index (χ1) is 10.1. The van der Waals surface area contributed by atoms with Gasteiger partial charge in [-0.15, -0.1) is 0 Å². The molecular formula is C14H22N2O4S. The summed E-state index contributed by atoms with van der Waals surface area (Å²) in [6.07, 6.45) is 0.776. The Balaban J connectivity index is 2.11. The molecule has 6 nitrogen and oxygen atoms in total. The lowest BCUT2D eigenvalue weighted by atomic mass is 10.2. The van der Waals surface area contributed by atoms with Crippen molar-refractivity contribution in [1.82, 2.24) is 4.31 Å². The zero-order valence-electron chi connectivity index (χ0n) is 12.2. The van der Waals surface area contributed by atoms with Crippen LogP contribution in [0, 0.1) is 0 Å². The fourth-order valence-electron chi connectivity index (χ4n) is 2.19. The summed E-state index contributed by atoms with van der Waals surface area (Å²) in [5, 5.41) is 0. The second kappa shape index (κ2) is 7.22. The van der Waals surface area contributed by atoms with E-state index >= 15 is 0 Å². The largest absolute Gasteiger partial charge is 0.492 e. The minimum Gasteiger partial charge on any atom is -0.492 e. The molecule has 21 heavy (non-hydrogen) atoms. The summed E-state index contributed by atoms with van der Waals surface area (Å²) in [4.78, 5) is 0.277. The molecule has 1 aliphatic rings. The van der Waals surface area contributed by atoms with E-state index in [9.17, 15) is 8.42 Å². The lowest BCUT2D eigenvalue weighted by Gasteiger charge is -2.31. The molecule has 0 aliphatic carbocycles. The molecule has 1 aliphatic heterocycles. The van der Waals surface area contributed by atoms with Gasteiger partial charge in [-0.05, 0) is 30.7 Å². The Labute approximate surface area is 125 Å². The molecule has 2 rings (SSSR count). The molecule has 1 fully saturated rings. The number of nitrogens with two attached hydrogens (primary N) is 1. The summed E-state index contributed by atoms with van der Waals surface area (Å²) in [5.41, 5.74) is 5.36. The van der Waals surface area contributed by atoms with Crippen LogP contribution in [0.4, 0.5) is 0 Å². The monoisotopic (exact) mass is 314 g/mol. The van der Waals surface area contributed by atoms with Gasteiger partial charge in [-0.3, -0.25) is 0 Å². The highest BCUT2D eigenvalue weighted by Crippen LogP contribution is 2.22. The molecule has 0 amide bonds. The molecule has 118 valence electrons. The Morgan fingerprint density at radius 2 is 2.10 bits per heavy atom. The van der Waals surface area contributed by atoms with Crippen LogP contribution in [0.1, 0.15) is 13.3 Å². The summed E-state index contributed by atoms with van der Waals surface area (Å²) < 4.78 is 37.5. The van der Waals surface area contributed by atoms with Crippen LogP contribution in [0.3, 0.4) is 0 Å². The van der Waals surface area contributed by atoms with Crippen molar-refractivity contribution in [2.45, 2.75) is 24.3 Å². The van der Waals surface area contributed by atoms with E-state index in [0.717, 1.165) is 6.42 Å². The number of hydrogen-bond donors (Lipinski definition) is 1. The molecule has 1 atom stereocenters. The van der Waals surface area contributed by atoms with Gasteiger partial charge in [0.15, 0.2) is 0 Å². The predicted molar refractivity (Wildman–Crippen MR) is 79.8 cm³/mol. The Morgan fingerprint density at radius 1 is 1.38 bits per heavy atom. The summed E-state index contributed by atoms with van der Waals surface area (Å²) in [5.74, 6) is 0.618. The highest BCUT2D eigenvalue weighted by atomic mass is 32.2. The predicted octanol–water partition coefficient (Wildman–Crippen LogP) is 0.824. The topological polar surface area (TPSA) is 81.9 Å². The second-order valence-corrected chi connectivity index (χ2v) is 6.81. The molecule has 1 heterocycles. The van der Waals surface area contributed by atoms with Crippen molar-refractivity contribution in [3.05, 3.63) is 24.3 Å². The van der Waals surface area contributed by atoms with Crippen molar-refractivity contribution >= 4 is 10.0 Å². The number of hydrogen-bond acceptors (Lipinski definition) is 5. The average Bonchev–Trinajstić information content (AvgIpc) is 2.53. The maximum Gasteiger partial charge on any atom is 0.243 e. The van der Waals surface area contributed by atoms with Crippen molar-refractivity contribution < 1.29 is 17.9 Å². The Bertz CT molecular complexity index is 545. The number of ether oxygens (including phenoxy) is 2. The maximum absolute atomic E-state index is 12.6. The molecule has 1 unspecified atom stereocenters. The third-order valence-corrected chi connectivity index (χ3v) is 5.28. The summed E-state index contributed by atoms with van der Waals surface area (Å²) in [7, 11) is -3.47. The molecule has 1 aromatic rings. The SMILES string of the molecule is CCC1CN(S(=O)(=O)c2ccc(OCCN)cc2)CCO1. The minimum absolute atomic E-state index is 0.0271. The third-order valence-electron chi connectivity index (χ3n) is 3.40. The molecule has 0 saturated carbocycles. The lowest BCUT2D eigenvalue weighted by Crippen LogP contribution is -2.45. The van der Waals surface area contributed by atoms with Crippen molar-refractivity contribution in [2.24, 2.45) is 5.73 Å². The van der Waals surface area contributed by atoms with E-state index in [1.54, 1.807) is 24.3 Å². The Hall–Kier alpha value is -1.15. The van der Waals surface area contributed by atoms with Crippen LogP contribution in [0.15, 0.2) is 29.2 Å². The molecule has 0 aromatic heterocycles. The van der Waals surface area contributed by atoms with Gasteiger partial charge in [0.05, 0.1) is 17.6 Å². The zero-order chi connectivity index (χ0) is 15.3. The zero-order valence-corrected chi connectivity index (χ0v) is 13.0. The van der Waals surface area contributed by atoms with Gasteiger partial charge in [-0.1, -0.05) is 6.92 Å². The first kappa shape index (κ1) is 16.2. The third kappa shape index (κ3) is 3.94. The smallest absolute Gasteiger partial charge is 0.243 e. The van der Waals surface area contributed by atoms with Gasteiger partial charge in [0.25, 0.3) is 0 Å². The highest BCUT2D eigenvalue weighted by molar-refractivity contribution is 7.89. The summed E-state index contributed by atoms with van der Waals surface area (Å²) >= 11 is 0. The fourth-order valence-corrected chi connectivity index (χ4v) is 3.65. The number of sulfonamides is 1. The molecule has 0 radical (unpaired) electrons. The standard InChI is InChI=1S/C14H22N2O4S/c1-2-12-11-16(8-10-20-12)21(17,18)14-5-3-13(4-6-14)19-9-7-15/h3-6,12H,2,7-11,15H2,1H3. The number of morpholine rings is 1. The molecular weight excluding hydrogens is 292 g/mol. The van der Waals surface area contributed by atoms with Gasteiger partial charge < -0.3 is 15.2 Å². The van der Waals surface area contributed by atoms with Crippen molar-refractivity contribution in [1.29, 1.82) is 0 Å². The summed E-state index contributed by atoms with van der Waals surface area (Å²) in [6, 6.07) is 6.44. The Morgan fingerprint density at radius 3 is 2.71 bits per heavy atom. The van der Waals surface area contributed by atoms with Gasteiger partial charge in [0.2, 0.25) is 10.0 Å². The first-order valence-corrected chi connectivity index (χ1v) is 8.56. The molecule has 0 spiro atoms. The number of rotatable bonds is 6. The van der Waals surface area contributed by atoms with E-state index in [1.807, 2.05) is 6.92 Å². The second-order valence-electron chi connectivity index (χ2n) is 4.87. The van der Waals surface area contributed by atoms with Gasteiger partial charge in [0.1, 0.15) is 12.4 Å². The first-order valence-electron chi connectivity index (χ1n) is 7.12. The number of nitrogens with zero attached hydrogens (tertiary/aromatic N) is 1. The van der Waals surface area contributed by atoms with Crippen LogP contribution in [0.25, 0.3) is 0 Å². The van der Waals surface area contributed by atoms with Crippen molar-refractivity contribution in [2.75, 3.05) is 32.8 Å². The van der Waals surface area contributed by atoms with Crippen LogP contribution < -0.4 is 10.5 Å². The van der Waals surface area contributed by atoms with Crippen LogP contribution in [0.2, 0.25) is 0 Å². The molecule has 1 aromatic carbocycles. The van der Waals surface area contributed by atoms with Crippen LogP contribution in [0.5, 0.6) is 5.75 Å². The van der Waals surface area contributed by atoms with Crippen LogP contribution >= 0.6 is 0 Å². The van der Waals surface area contributed by atoms with E-state index in [0.29, 0.717) is 38.6 Å². The van der Waals surface area contributed by atoms with Crippen LogP contribution in [-0.2, 0) is 14.8 Å². The van der Waals surface area contributed by atoms with E-state index < -0.39 is 10.0 Å². The van der Waals surface area contributed by atoms with Gasteiger partial charge in [-0.2, -0.15) is 4.31 Å². The van der Waals surface area contributed by atoms with Crippen molar-refractivity contribution in [3.8, 4) is 5.75 Å².